The fourth-order valence-electron chi connectivity index (χ4n) is 4.12. The van der Waals surface area contributed by atoms with Crippen LogP contribution in [0.2, 0.25) is 0 Å². The fourth-order valence-corrected chi connectivity index (χ4v) is 5.25. The van der Waals surface area contributed by atoms with Gasteiger partial charge < -0.3 is 11.5 Å². The number of nitrogens with one attached hydrogen (secondary N) is 1. The van der Waals surface area contributed by atoms with Gasteiger partial charge in [-0.3, -0.25) is 14.6 Å². The summed E-state index contributed by atoms with van der Waals surface area (Å²) >= 11 is 0. The highest BCUT2D eigenvalue weighted by molar-refractivity contribution is 7.90. The quantitative estimate of drug-likeness (QED) is 0.697. The number of anilines is 1. The Balaban J connectivity index is 1.70. The maximum Gasteiger partial charge on any atom is 0.262 e. The van der Waals surface area contributed by atoms with Gasteiger partial charge in [-0.2, -0.15) is 4.99 Å². The van der Waals surface area contributed by atoms with Gasteiger partial charge in [-0.05, 0) is 50.3 Å². The minimum Gasteiger partial charge on any atom is -0.369 e. The van der Waals surface area contributed by atoms with Crippen molar-refractivity contribution in [2.24, 2.45) is 26.4 Å². The van der Waals surface area contributed by atoms with Gasteiger partial charge >= 0.3 is 0 Å². The predicted molar refractivity (Wildman–Crippen MR) is 110 cm³/mol. The summed E-state index contributed by atoms with van der Waals surface area (Å²) in [6.45, 7) is 0.653. The molecule has 150 valence electrons. The third-order valence-electron chi connectivity index (χ3n) is 5.36. The second kappa shape index (κ2) is 7.08. The van der Waals surface area contributed by atoms with Crippen LogP contribution in [-0.2, 0) is 10.0 Å². The molecule has 5 N–H and O–H groups in total. The van der Waals surface area contributed by atoms with E-state index < -0.39 is 15.7 Å². The number of nitrogens with zero attached hydrogens (tertiary/aromatic N) is 4. The zero-order chi connectivity index (χ0) is 19.8. The lowest BCUT2D eigenvalue weighted by Crippen LogP contribution is -2.58. The normalized spacial score (nSPS) is 21.9. The number of guanidine groups is 2. The Hall–Kier alpha value is -2.62. The highest BCUT2D eigenvalue weighted by Crippen LogP contribution is 2.39. The maximum absolute atomic E-state index is 12.8. The molecule has 0 saturated heterocycles. The molecule has 1 saturated carbocycles. The standard InChI is InChI=1S/C18H25N7O2S/c19-16-22-17(20)25(18(23-16)9-2-1-3-10-18)13-6-4-7-14(12-13)28(26,27)24-15-8-5-11-21-15/h4,6-7,12H,1-3,5,8-11H2,(H,21,24)(H4,19,20,22,23). The SMILES string of the molecule is NC1=NC2(CCCCC2)N(c2cccc(S(=O)(=O)NC3=NCCC3)c2)C(N)=N1. The zero-order valence-corrected chi connectivity index (χ0v) is 16.5. The van der Waals surface area contributed by atoms with Gasteiger partial charge in [0.1, 0.15) is 11.5 Å². The van der Waals surface area contributed by atoms with Crippen molar-refractivity contribution in [3.63, 3.8) is 0 Å². The molecule has 0 bridgehead atoms. The molecular weight excluding hydrogens is 378 g/mol. The Kier molecular flexibility index (Phi) is 4.74. The van der Waals surface area contributed by atoms with Crippen LogP contribution in [0.3, 0.4) is 0 Å². The van der Waals surface area contributed by atoms with Crippen molar-refractivity contribution in [2.45, 2.75) is 55.5 Å². The van der Waals surface area contributed by atoms with E-state index in [4.69, 9.17) is 11.5 Å². The topological polar surface area (TPSA) is 139 Å². The third kappa shape index (κ3) is 3.44. The van der Waals surface area contributed by atoms with Crippen LogP contribution in [0, 0.1) is 0 Å². The van der Waals surface area contributed by atoms with Crippen molar-refractivity contribution in [3.8, 4) is 0 Å². The molecule has 10 heteroatoms. The van der Waals surface area contributed by atoms with Crippen LogP contribution in [-0.4, -0.2) is 38.4 Å². The molecule has 1 aromatic carbocycles. The van der Waals surface area contributed by atoms with E-state index in [1.807, 2.05) is 11.0 Å². The molecule has 0 radical (unpaired) electrons. The van der Waals surface area contributed by atoms with Crippen LogP contribution in [0.1, 0.15) is 44.9 Å². The molecule has 9 nitrogen and oxygen atoms in total. The summed E-state index contributed by atoms with van der Waals surface area (Å²) in [5, 5.41) is 0. The van der Waals surface area contributed by atoms with E-state index in [0.717, 1.165) is 38.5 Å². The number of hydrogen-bond acceptors (Lipinski definition) is 8. The molecule has 4 rings (SSSR count). The molecule has 1 spiro atoms. The molecule has 0 amide bonds. The van der Waals surface area contributed by atoms with Crippen molar-refractivity contribution in [1.29, 1.82) is 0 Å². The number of sulfonamides is 1. The molecule has 2 aliphatic heterocycles. The van der Waals surface area contributed by atoms with Crippen molar-refractivity contribution >= 4 is 33.5 Å². The van der Waals surface area contributed by atoms with E-state index in [-0.39, 0.29) is 16.8 Å². The van der Waals surface area contributed by atoms with Crippen LogP contribution in [0.25, 0.3) is 0 Å². The van der Waals surface area contributed by atoms with Gasteiger partial charge in [-0.15, -0.1) is 0 Å². The van der Waals surface area contributed by atoms with Crippen molar-refractivity contribution in [2.75, 3.05) is 11.4 Å². The number of benzene rings is 1. The Bertz CT molecular complexity index is 962. The molecular formula is C18H25N7O2S. The van der Waals surface area contributed by atoms with E-state index in [1.165, 1.54) is 0 Å². The van der Waals surface area contributed by atoms with Crippen LogP contribution < -0.4 is 21.1 Å². The number of hydrogen-bond donors (Lipinski definition) is 3. The zero-order valence-electron chi connectivity index (χ0n) is 15.6. The second-order valence-corrected chi connectivity index (χ2v) is 9.04. The summed E-state index contributed by atoms with van der Waals surface area (Å²) < 4.78 is 28.2. The fraction of sp³-hybridized carbons (Fsp3) is 0.500. The van der Waals surface area contributed by atoms with Crippen molar-refractivity contribution < 1.29 is 8.42 Å². The van der Waals surface area contributed by atoms with Crippen molar-refractivity contribution in [1.82, 2.24) is 4.72 Å². The first-order valence-electron chi connectivity index (χ1n) is 9.56. The Morgan fingerprint density at radius 2 is 1.89 bits per heavy atom. The summed E-state index contributed by atoms with van der Waals surface area (Å²) in [5.74, 6) is 0.906. The van der Waals surface area contributed by atoms with E-state index >= 15 is 0 Å². The van der Waals surface area contributed by atoms with E-state index in [9.17, 15) is 8.42 Å². The van der Waals surface area contributed by atoms with E-state index in [2.05, 4.69) is 19.7 Å². The number of amidine groups is 1. The molecule has 28 heavy (non-hydrogen) atoms. The van der Waals surface area contributed by atoms with Crippen LogP contribution in [0.4, 0.5) is 5.69 Å². The highest BCUT2D eigenvalue weighted by Gasteiger charge is 2.42. The molecule has 0 unspecified atom stereocenters. The van der Waals surface area contributed by atoms with Crippen LogP contribution in [0.15, 0.2) is 44.1 Å². The molecule has 3 aliphatic rings. The minimum atomic E-state index is -3.72. The van der Waals surface area contributed by atoms with Gasteiger partial charge in [0.2, 0.25) is 11.9 Å². The number of nitrogens with two attached hydrogens (primary N) is 2. The summed E-state index contributed by atoms with van der Waals surface area (Å²) in [6, 6.07) is 6.69. The minimum absolute atomic E-state index is 0.154. The number of rotatable bonds is 3. The van der Waals surface area contributed by atoms with Gasteiger partial charge in [0.25, 0.3) is 10.0 Å². The molecule has 0 aromatic heterocycles. The molecule has 2 heterocycles. The maximum atomic E-state index is 12.8. The third-order valence-corrected chi connectivity index (χ3v) is 6.74. The second-order valence-electron chi connectivity index (χ2n) is 7.35. The van der Waals surface area contributed by atoms with Crippen LogP contribution in [0.5, 0.6) is 0 Å². The van der Waals surface area contributed by atoms with E-state index in [1.54, 1.807) is 18.2 Å². The first-order chi connectivity index (χ1) is 13.4. The first kappa shape index (κ1) is 18.7. The summed E-state index contributed by atoms with van der Waals surface area (Å²) in [4.78, 5) is 14.9. The summed E-state index contributed by atoms with van der Waals surface area (Å²) in [6.07, 6.45) is 6.21. The first-order valence-corrected chi connectivity index (χ1v) is 11.0. The lowest BCUT2D eigenvalue weighted by molar-refractivity contribution is 0.305. The van der Waals surface area contributed by atoms with Crippen LogP contribution >= 0.6 is 0 Å². The lowest BCUT2D eigenvalue weighted by Gasteiger charge is -2.45. The van der Waals surface area contributed by atoms with Gasteiger partial charge in [0.15, 0.2) is 0 Å². The lowest BCUT2D eigenvalue weighted by atomic mass is 9.87. The van der Waals surface area contributed by atoms with E-state index in [0.29, 0.717) is 24.5 Å². The van der Waals surface area contributed by atoms with Gasteiger partial charge in [-0.25, -0.2) is 13.4 Å². The summed E-state index contributed by atoms with van der Waals surface area (Å²) in [5.41, 5.74) is 12.2. The largest absolute Gasteiger partial charge is 0.369 e. The Morgan fingerprint density at radius 1 is 1.11 bits per heavy atom. The monoisotopic (exact) mass is 403 g/mol. The van der Waals surface area contributed by atoms with Gasteiger partial charge in [-0.1, -0.05) is 12.5 Å². The average molecular weight is 404 g/mol. The molecule has 1 aliphatic carbocycles. The highest BCUT2D eigenvalue weighted by atomic mass is 32.2. The van der Waals surface area contributed by atoms with Gasteiger partial charge in [0.05, 0.1) is 4.90 Å². The molecule has 1 aromatic rings. The summed E-state index contributed by atoms with van der Waals surface area (Å²) in [7, 11) is -3.72. The average Bonchev–Trinajstić information content (AvgIpc) is 3.14. The predicted octanol–water partition coefficient (Wildman–Crippen LogP) is 1.27. The van der Waals surface area contributed by atoms with Gasteiger partial charge in [0, 0.05) is 18.7 Å². The van der Waals surface area contributed by atoms with Crippen molar-refractivity contribution in [3.05, 3.63) is 24.3 Å². The molecule has 0 atom stereocenters. The number of aliphatic imine (C=N–C) groups is 3. The smallest absolute Gasteiger partial charge is 0.262 e. The molecule has 1 fully saturated rings. The Morgan fingerprint density at radius 3 is 2.61 bits per heavy atom. The Labute approximate surface area is 164 Å².